The molecule has 0 aliphatic carbocycles. The molecule has 2 saturated heterocycles. The molecule has 0 saturated carbocycles. The average molecular weight is 286 g/mol. The Morgan fingerprint density at radius 3 is 2.90 bits per heavy atom. The zero-order valence-electron chi connectivity index (χ0n) is 11.5. The first kappa shape index (κ1) is 15.2. The molecular weight excluding hydrogens is 264 g/mol. The van der Waals surface area contributed by atoms with Gasteiger partial charge in [0.2, 0.25) is 5.91 Å². The molecule has 114 valence electrons. The van der Waals surface area contributed by atoms with Crippen LogP contribution in [0.3, 0.4) is 0 Å². The fourth-order valence-corrected chi connectivity index (χ4v) is 2.34. The number of ether oxygens (including phenoxy) is 2. The van der Waals surface area contributed by atoms with Crippen LogP contribution in [0.2, 0.25) is 0 Å². The second-order valence-electron chi connectivity index (χ2n) is 5.22. The highest BCUT2D eigenvalue weighted by molar-refractivity contribution is 5.84. The summed E-state index contributed by atoms with van der Waals surface area (Å²) in [6.45, 7) is 1.59. The van der Waals surface area contributed by atoms with Crippen molar-refractivity contribution in [3.8, 4) is 0 Å². The van der Waals surface area contributed by atoms with Gasteiger partial charge in [0.05, 0.1) is 25.0 Å². The van der Waals surface area contributed by atoms with Crippen LogP contribution >= 0.6 is 0 Å². The molecule has 0 aromatic carbocycles. The highest BCUT2D eigenvalue weighted by atomic mass is 16.5. The maximum absolute atomic E-state index is 11.8. The van der Waals surface area contributed by atoms with E-state index < -0.39 is 6.10 Å². The van der Waals surface area contributed by atoms with Gasteiger partial charge in [-0.05, 0) is 19.3 Å². The lowest BCUT2D eigenvalue weighted by Gasteiger charge is -2.22. The zero-order valence-corrected chi connectivity index (χ0v) is 11.5. The van der Waals surface area contributed by atoms with Gasteiger partial charge >= 0.3 is 5.97 Å². The monoisotopic (exact) mass is 286 g/mol. The molecule has 2 fully saturated rings. The fourth-order valence-electron chi connectivity index (χ4n) is 2.34. The van der Waals surface area contributed by atoms with Gasteiger partial charge in [0.25, 0.3) is 0 Å². The molecule has 0 aromatic heterocycles. The van der Waals surface area contributed by atoms with E-state index in [2.05, 4.69) is 10.6 Å². The van der Waals surface area contributed by atoms with Crippen LogP contribution in [-0.2, 0) is 19.1 Å². The summed E-state index contributed by atoms with van der Waals surface area (Å²) in [6.07, 6.45) is 1.98. The number of rotatable bonds is 6. The molecule has 0 radical (unpaired) electrons. The molecule has 3 atom stereocenters. The summed E-state index contributed by atoms with van der Waals surface area (Å²) >= 11 is 0. The summed E-state index contributed by atoms with van der Waals surface area (Å²) in [5.74, 6) is -0.871. The minimum Gasteiger partial charge on any atom is -0.466 e. The summed E-state index contributed by atoms with van der Waals surface area (Å²) in [4.78, 5) is 22.9. The van der Waals surface area contributed by atoms with E-state index in [9.17, 15) is 14.7 Å². The van der Waals surface area contributed by atoms with E-state index in [0.29, 0.717) is 19.6 Å². The first-order valence-corrected chi connectivity index (χ1v) is 7.11. The van der Waals surface area contributed by atoms with Crippen molar-refractivity contribution in [2.45, 2.75) is 38.0 Å². The van der Waals surface area contributed by atoms with Crippen molar-refractivity contribution in [1.29, 1.82) is 0 Å². The van der Waals surface area contributed by atoms with Gasteiger partial charge in [-0.3, -0.25) is 14.9 Å². The predicted octanol–water partition coefficient (Wildman–Crippen LogP) is -0.857. The molecule has 0 aromatic rings. The van der Waals surface area contributed by atoms with Crippen LogP contribution in [0.4, 0.5) is 0 Å². The number of carbonyl (C=O) groups excluding carboxylic acids is 2. The van der Waals surface area contributed by atoms with Gasteiger partial charge in [-0.15, -0.1) is 0 Å². The van der Waals surface area contributed by atoms with Crippen LogP contribution in [0.5, 0.6) is 0 Å². The van der Waals surface area contributed by atoms with Crippen LogP contribution in [-0.4, -0.2) is 55.6 Å². The van der Waals surface area contributed by atoms with Crippen molar-refractivity contribution < 1.29 is 24.2 Å². The molecule has 7 heteroatoms. The van der Waals surface area contributed by atoms with Crippen molar-refractivity contribution in [3.05, 3.63) is 0 Å². The summed E-state index contributed by atoms with van der Waals surface area (Å²) in [5.41, 5.74) is 0. The number of amides is 1. The normalized spacial score (nSPS) is 27.9. The third kappa shape index (κ3) is 4.73. The van der Waals surface area contributed by atoms with Gasteiger partial charge in [0.15, 0.2) is 0 Å². The Hall–Kier alpha value is -1.18. The Balaban J connectivity index is 1.60. The van der Waals surface area contributed by atoms with Crippen LogP contribution in [0.15, 0.2) is 0 Å². The number of nitrogens with one attached hydrogen (secondary N) is 2. The molecule has 0 spiro atoms. The third-order valence-corrected chi connectivity index (χ3v) is 3.54. The van der Waals surface area contributed by atoms with Crippen molar-refractivity contribution in [1.82, 2.24) is 10.6 Å². The van der Waals surface area contributed by atoms with Gasteiger partial charge in [-0.2, -0.15) is 0 Å². The lowest BCUT2D eigenvalue weighted by Crippen LogP contribution is -2.43. The Morgan fingerprint density at radius 1 is 1.35 bits per heavy atom. The van der Waals surface area contributed by atoms with Crippen LogP contribution in [0.25, 0.3) is 0 Å². The molecule has 0 bridgehead atoms. The summed E-state index contributed by atoms with van der Waals surface area (Å²) in [5, 5.41) is 15.5. The molecule has 2 aliphatic heterocycles. The first-order chi connectivity index (χ1) is 9.65. The number of carbonyl (C=O) groups is 2. The van der Waals surface area contributed by atoms with Gasteiger partial charge in [0.1, 0.15) is 6.23 Å². The summed E-state index contributed by atoms with van der Waals surface area (Å²) in [6, 6.07) is 0. The number of hydrogen-bond acceptors (Lipinski definition) is 6. The lowest BCUT2D eigenvalue weighted by atomic mass is 9.99. The molecule has 3 unspecified atom stereocenters. The van der Waals surface area contributed by atoms with Gasteiger partial charge < -0.3 is 19.9 Å². The summed E-state index contributed by atoms with van der Waals surface area (Å²) < 4.78 is 10.2. The second-order valence-corrected chi connectivity index (χ2v) is 5.22. The highest BCUT2D eigenvalue weighted by Gasteiger charge is 2.27. The van der Waals surface area contributed by atoms with E-state index in [-0.39, 0.29) is 37.0 Å². The number of esters is 1. The van der Waals surface area contributed by atoms with Crippen molar-refractivity contribution >= 4 is 11.9 Å². The molecule has 2 aliphatic rings. The Bertz CT molecular complexity index is 344. The molecule has 3 N–H and O–H groups in total. The molecule has 2 rings (SSSR count). The molecule has 2 heterocycles. The van der Waals surface area contributed by atoms with E-state index in [4.69, 9.17) is 9.47 Å². The fraction of sp³-hybridized carbons (Fsp3) is 0.846. The van der Waals surface area contributed by atoms with E-state index in [1.54, 1.807) is 0 Å². The molecule has 20 heavy (non-hydrogen) atoms. The van der Waals surface area contributed by atoms with Crippen molar-refractivity contribution in [2.75, 3.05) is 26.3 Å². The summed E-state index contributed by atoms with van der Waals surface area (Å²) in [7, 11) is 0. The van der Waals surface area contributed by atoms with Gasteiger partial charge in [-0.1, -0.05) is 0 Å². The van der Waals surface area contributed by atoms with Crippen LogP contribution < -0.4 is 10.6 Å². The quantitative estimate of drug-likeness (QED) is 0.550. The maximum Gasteiger partial charge on any atom is 0.306 e. The minimum atomic E-state index is -0.668. The molecular formula is C13H22N2O5. The standard InChI is InChI=1S/C13H22N2O5/c16-10(7-14-11-2-1-4-19-11)8-15-13(18)9-3-5-20-12(17)6-9/h9-11,14,16H,1-8H2,(H,15,18). The Labute approximate surface area is 118 Å². The van der Waals surface area contributed by atoms with Gasteiger partial charge in [-0.25, -0.2) is 0 Å². The van der Waals surface area contributed by atoms with Crippen LogP contribution in [0, 0.1) is 5.92 Å². The van der Waals surface area contributed by atoms with Crippen LogP contribution in [0.1, 0.15) is 25.7 Å². The minimum absolute atomic E-state index is 0.00784. The second kappa shape index (κ2) is 7.56. The number of aliphatic hydroxyl groups excluding tert-OH is 1. The molecule has 1 amide bonds. The Kier molecular flexibility index (Phi) is 5.75. The highest BCUT2D eigenvalue weighted by Crippen LogP contribution is 2.15. The van der Waals surface area contributed by atoms with E-state index in [1.165, 1.54) is 0 Å². The van der Waals surface area contributed by atoms with Gasteiger partial charge in [0, 0.05) is 19.7 Å². The Morgan fingerprint density at radius 2 is 2.20 bits per heavy atom. The lowest BCUT2D eigenvalue weighted by molar-refractivity contribution is -0.152. The maximum atomic E-state index is 11.8. The number of cyclic esters (lactones) is 1. The first-order valence-electron chi connectivity index (χ1n) is 7.11. The van der Waals surface area contributed by atoms with Crippen molar-refractivity contribution in [3.63, 3.8) is 0 Å². The topological polar surface area (TPSA) is 96.9 Å². The van der Waals surface area contributed by atoms with Crippen molar-refractivity contribution in [2.24, 2.45) is 5.92 Å². The number of aliphatic hydroxyl groups is 1. The number of hydrogen-bond donors (Lipinski definition) is 3. The average Bonchev–Trinajstić information content (AvgIpc) is 2.95. The van der Waals surface area contributed by atoms with E-state index >= 15 is 0 Å². The van der Waals surface area contributed by atoms with E-state index in [0.717, 1.165) is 19.4 Å². The third-order valence-electron chi connectivity index (χ3n) is 3.54. The van der Waals surface area contributed by atoms with E-state index in [1.807, 2.05) is 0 Å². The largest absolute Gasteiger partial charge is 0.466 e. The zero-order chi connectivity index (χ0) is 14.4. The molecule has 7 nitrogen and oxygen atoms in total. The SMILES string of the molecule is O=C1CC(C(=O)NCC(O)CNC2CCCO2)CCO1. The smallest absolute Gasteiger partial charge is 0.306 e. The predicted molar refractivity (Wildman–Crippen MR) is 69.7 cm³/mol.